The first-order valence-electron chi connectivity index (χ1n) is 6.36. The number of sulfonamides is 1. The van der Waals surface area contributed by atoms with E-state index in [1.165, 1.54) is 23.5 Å². The average Bonchev–Trinajstić information content (AvgIpc) is 2.91. The van der Waals surface area contributed by atoms with Gasteiger partial charge in [-0.15, -0.1) is 11.3 Å². The second-order valence-corrected chi connectivity index (χ2v) is 7.39. The van der Waals surface area contributed by atoms with Crippen molar-refractivity contribution >= 4 is 33.0 Å². The number of hydrogen-bond donors (Lipinski definition) is 2. The molecule has 0 saturated heterocycles. The van der Waals surface area contributed by atoms with Gasteiger partial charge in [-0.1, -0.05) is 6.07 Å². The first-order valence-corrected chi connectivity index (χ1v) is 8.72. The van der Waals surface area contributed by atoms with Gasteiger partial charge in [0.05, 0.1) is 9.77 Å². The molecule has 2 rings (SSSR count). The Morgan fingerprint density at radius 2 is 1.81 bits per heavy atom. The average molecular weight is 324 g/mol. The summed E-state index contributed by atoms with van der Waals surface area (Å²) in [5, 5.41) is 4.54. The van der Waals surface area contributed by atoms with Gasteiger partial charge in [-0.2, -0.15) is 0 Å². The molecule has 1 amide bonds. The van der Waals surface area contributed by atoms with E-state index in [0.29, 0.717) is 10.6 Å². The normalized spacial score (nSPS) is 11.6. The van der Waals surface area contributed by atoms with Gasteiger partial charge in [-0.3, -0.25) is 4.79 Å². The number of amides is 1. The van der Waals surface area contributed by atoms with Crippen LogP contribution < -0.4 is 10.0 Å². The fraction of sp³-hybridized carbons (Fsp3) is 0.214. The molecule has 21 heavy (non-hydrogen) atoms. The van der Waals surface area contributed by atoms with Gasteiger partial charge < -0.3 is 5.32 Å². The van der Waals surface area contributed by atoms with Crippen molar-refractivity contribution in [2.75, 3.05) is 5.32 Å². The van der Waals surface area contributed by atoms with E-state index in [-0.39, 0.29) is 16.8 Å². The third kappa shape index (κ3) is 4.13. The van der Waals surface area contributed by atoms with Gasteiger partial charge in [0.15, 0.2) is 0 Å². The maximum Gasteiger partial charge on any atom is 0.265 e. The number of benzene rings is 1. The molecule has 2 N–H and O–H groups in total. The van der Waals surface area contributed by atoms with Crippen LogP contribution in [0.1, 0.15) is 23.5 Å². The molecule has 0 aliphatic heterocycles. The highest BCUT2D eigenvalue weighted by Gasteiger charge is 2.15. The van der Waals surface area contributed by atoms with Crippen molar-refractivity contribution < 1.29 is 13.2 Å². The lowest BCUT2D eigenvalue weighted by Gasteiger charge is -2.10. The van der Waals surface area contributed by atoms with Crippen LogP contribution in [0.2, 0.25) is 0 Å². The fourth-order valence-corrected chi connectivity index (χ4v) is 3.57. The molecule has 0 bridgehead atoms. The Bertz CT molecular complexity index is 705. The van der Waals surface area contributed by atoms with Gasteiger partial charge in [-0.05, 0) is 49.6 Å². The van der Waals surface area contributed by atoms with Crippen molar-refractivity contribution in [1.82, 2.24) is 4.72 Å². The third-order valence-electron chi connectivity index (χ3n) is 2.56. The van der Waals surface area contributed by atoms with Gasteiger partial charge in [-0.25, -0.2) is 13.1 Å². The summed E-state index contributed by atoms with van der Waals surface area (Å²) in [6.45, 7) is 3.51. The number of thiophene rings is 1. The Kier molecular flexibility index (Phi) is 4.76. The number of hydrogen-bond acceptors (Lipinski definition) is 4. The zero-order valence-corrected chi connectivity index (χ0v) is 13.3. The molecular formula is C14H16N2O3S2. The van der Waals surface area contributed by atoms with Crippen molar-refractivity contribution in [3.63, 3.8) is 0 Å². The maximum atomic E-state index is 12.0. The molecule has 0 spiro atoms. The molecule has 0 radical (unpaired) electrons. The number of rotatable bonds is 5. The topological polar surface area (TPSA) is 75.3 Å². The second kappa shape index (κ2) is 6.38. The van der Waals surface area contributed by atoms with E-state index in [9.17, 15) is 13.2 Å². The first-order chi connectivity index (χ1) is 9.88. The lowest BCUT2D eigenvalue weighted by molar-refractivity contribution is 0.103. The van der Waals surface area contributed by atoms with Crippen LogP contribution in [0.5, 0.6) is 0 Å². The van der Waals surface area contributed by atoms with Gasteiger partial charge in [0.1, 0.15) is 0 Å². The van der Waals surface area contributed by atoms with Gasteiger partial charge in [0.2, 0.25) is 10.0 Å². The Hall–Kier alpha value is -1.70. The maximum absolute atomic E-state index is 12.0. The van der Waals surface area contributed by atoms with E-state index < -0.39 is 10.0 Å². The molecule has 0 saturated carbocycles. The molecule has 1 aromatic heterocycles. The lowest BCUT2D eigenvalue weighted by atomic mass is 10.3. The third-order valence-corrected chi connectivity index (χ3v) is 5.10. The van der Waals surface area contributed by atoms with Gasteiger partial charge in [0, 0.05) is 11.7 Å². The summed E-state index contributed by atoms with van der Waals surface area (Å²) in [4.78, 5) is 12.6. The summed E-state index contributed by atoms with van der Waals surface area (Å²) in [6.07, 6.45) is 0. The first kappa shape index (κ1) is 15.7. The molecule has 1 aromatic carbocycles. The molecule has 0 fully saturated rings. The molecule has 0 atom stereocenters. The summed E-state index contributed by atoms with van der Waals surface area (Å²) in [6, 6.07) is 9.43. The minimum atomic E-state index is -3.51. The summed E-state index contributed by atoms with van der Waals surface area (Å²) in [5.74, 6) is -0.207. The summed E-state index contributed by atoms with van der Waals surface area (Å²) in [5.41, 5.74) is 0.553. The zero-order chi connectivity index (χ0) is 15.5. The van der Waals surface area contributed by atoms with Crippen LogP contribution in [0.3, 0.4) is 0 Å². The molecule has 2 aromatic rings. The SMILES string of the molecule is CC(C)NS(=O)(=O)c1ccc(NC(=O)c2cccs2)cc1. The Labute approximate surface area is 128 Å². The fourth-order valence-electron chi connectivity index (χ4n) is 1.70. The van der Waals surface area contributed by atoms with E-state index in [4.69, 9.17) is 0 Å². The zero-order valence-electron chi connectivity index (χ0n) is 11.7. The van der Waals surface area contributed by atoms with E-state index in [2.05, 4.69) is 10.0 Å². The summed E-state index contributed by atoms with van der Waals surface area (Å²) < 4.78 is 26.4. The lowest BCUT2D eigenvalue weighted by Crippen LogP contribution is -2.30. The van der Waals surface area contributed by atoms with Gasteiger partial charge in [0.25, 0.3) is 5.91 Å². The van der Waals surface area contributed by atoms with Crippen LogP contribution in [0.4, 0.5) is 5.69 Å². The largest absolute Gasteiger partial charge is 0.321 e. The highest BCUT2D eigenvalue weighted by molar-refractivity contribution is 7.89. The minimum absolute atomic E-state index is 0.172. The standard InChI is InChI=1S/C14H16N2O3S2/c1-10(2)16-21(18,19)12-7-5-11(6-8-12)15-14(17)13-4-3-9-20-13/h3-10,16H,1-2H3,(H,15,17). The highest BCUT2D eigenvalue weighted by Crippen LogP contribution is 2.16. The van der Waals surface area contributed by atoms with E-state index >= 15 is 0 Å². The minimum Gasteiger partial charge on any atom is -0.321 e. The number of nitrogens with one attached hydrogen (secondary N) is 2. The second-order valence-electron chi connectivity index (χ2n) is 4.73. The predicted molar refractivity (Wildman–Crippen MR) is 84.2 cm³/mol. The van der Waals surface area contributed by atoms with Crippen molar-refractivity contribution in [3.05, 3.63) is 46.7 Å². The predicted octanol–water partition coefficient (Wildman–Crippen LogP) is 2.69. The van der Waals surface area contributed by atoms with Crippen molar-refractivity contribution in [1.29, 1.82) is 0 Å². The number of anilines is 1. The van der Waals surface area contributed by atoms with E-state index in [1.807, 2.05) is 5.38 Å². The van der Waals surface area contributed by atoms with E-state index in [0.717, 1.165) is 0 Å². The van der Waals surface area contributed by atoms with Crippen molar-refractivity contribution in [3.8, 4) is 0 Å². The number of carbonyl (C=O) groups is 1. The van der Waals surface area contributed by atoms with Crippen LogP contribution in [-0.2, 0) is 10.0 Å². The van der Waals surface area contributed by atoms with Crippen molar-refractivity contribution in [2.24, 2.45) is 0 Å². The van der Waals surface area contributed by atoms with Gasteiger partial charge >= 0.3 is 0 Å². The molecule has 0 aliphatic carbocycles. The van der Waals surface area contributed by atoms with E-state index in [1.54, 1.807) is 38.1 Å². The molecule has 7 heteroatoms. The van der Waals surface area contributed by atoms with Crippen LogP contribution >= 0.6 is 11.3 Å². The molecule has 112 valence electrons. The quantitative estimate of drug-likeness (QED) is 0.888. The van der Waals surface area contributed by atoms with Crippen molar-refractivity contribution in [2.45, 2.75) is 24.8 Å². The Morgan fingerprint density at radius 1 is 1.14 bits per heavy atom. The van der Waals surface area contributed by atoms with Crippen LogP contribution in [0, 0.1) is 0 Å². The highest BCUT2D eigenvalue weighted by atomic mass is 32.2. The smallest absolute Gasteiger partial charge is 0.265 e. The molecule has 0 unspecified atom stereocenters. The van der Waals surface area contributed by atoms with Crippen LogP contribution in [-0.4, -0.2) is 20.4 Å². The molecule has 1 heterocycles. The van der Waals surface area contributed by atoms with Crippen LogP contribution in [0.15, 0.2) is 46.7 Å². The Balaban J connectivity index is 2.11. The molecule has 0 aliphatic rings. The summed E-state index contributed by atoms with van der Waals surface area (Å²) in [7, 11) is -3.51. The number of carbonyl (C=O) groups excluding carboxylic acids is 1. The monoisotopic (exact) mass is 324 g/mol. The molecule has 5 nitrogen and oxygen atoms in total. The summed E-state index contributed by atoms with van der Waals surface area (Å²) >= 11 is 1.35. The van der Waals surface area contributed by atoms with Crippen LogP contribution in [0.25, 0.3) is 0 Å². The Morgan fingerprint density at radius 3 is 2.33 bits per heavy atom. The molecular weight excluding hydrogens is 308 g/mol.